The highest BCUT2D eigenvalue weighted by molar-refractivity contribution is 7.87. The quantitative estimate of drug-likeness (QED) is 0.640. The molecule has 1 aromatic heterocycles. The summed E-state index contributed by atoms with van der Waals surface area (Å²) in [7, 11) is -3.17. The third kappa shape index (κ3) is 2.81. The van der Waals surface area contributed by atoms with Gasteiger partial charge in [-0.3, -0.25) is 0 Å². The van der Waals surface area contributed by atoms with Crippen molar-refractivity contribution in [3.63, 3.8) is 0 Å². The molecule has 0 aliphatic rings. The Morgan fingerprint density at radius 2 is 1.95 bits per heavy atom. The van der Waals surface area contributed by atoms with Crippen molar-refractivity contribution in [2.24, 2.45) is 0 Å². The molecule has 1 heterocycles. The van der Waals surface area contributed by atoms with E-state index in [-0.39, 0.29) is 9.77 Å². The molecule has 0 N–H and O–H groups in total. The van der Waals surface area contributed by atoms with Crippen LogP contribution in [0.25, 0.3) is 0 Å². The lowest BCUT2D eigenvalue weighted by atomic mass is 10.3. The minimum Gasteiger partial charge on any atom is -0.465 e. The third-order valence-corrected chi connectivity index (χ3v) is 4.61. The zero-order valence-electron chi connectivity index (χ0n) is 10.2. The Hall–Kier alpha value is -1.93. The van der Waals surface area contributed by atoms with Crippen LogP contribution in [-0.2, 0) is 14.9 Å². The van der Waals surface area contributed by atoms with E-state index in [4.69, 9.17) is 4.18 Å². The van der Waals surface area contributed by atoms with Crippen molar-refractivity contribution in [1.82, 2.24) is 0 Å². The van der Waals surface area contributed by atoms with Gasteiger partial charge in [0.05, 0.1) is 7.11 Å². The van der Waals surface area contributed by atoms with E-state index in [2.05, 4.69) is 4.74 Å². The van der Waals surface area contributed by atoms with Crippen molar-refractivity contribution in [2.75, 3.05) is 7.11 Å². The lowest BCUT2D eigenvalue weighted by Crippen LogP contribution is -2.13. The summed E-state index contributed by atoms with van der Waals surface area (Å²) in [5, 5.41) is 1.41. The van der Waals surface area contributed by atoms with Crippen LogP contribution in [0.1, 0.15) is 9.67 Å². The second-order valence-electron chi connectivity index (χ2n) is 3.57. The van der Waals surface area contributed by atoms with E-state index in [0.29, 0.717) is 0 Å². The van der Waals surface area contributed by atoms with Gasteiger partial charge in [-0.2, -0.15) is 8.42 Å². The molecule has 0 aliphatic heterocycles. The van der Waals surface area contributed by atoms with E-state index >= 15 is 0 Å². The van der Waals surface area contributed by atoms with Crippen molar-refractivity contribution in [3.05, 3.63) is 46.4 Å². The molecule has 5 nitrogen and oxygen atoms in total. The first-order valence-electron chi connectivity index (χ1n) is 5.30. The monoisotopic (exact) mass is 316 g/mol. The van der Waals surface area contributed by atoms with Gasteiger partial charge in [0, 0.05) is 0 Å². The Morgan fingerprint density at radius 3 is 2.60 bits per heavy atom. The number of halogens is 1. The predicted molar refractivity (Wildman–Crippen MR) is 69.9 cm³/mol. The number of hydrogen-bond donors (Lipinski definition) is 0. The molecule has 0 saturated carbocycles. The molecule has 0 unspecified atom stereocenters. The topological polar surface area (TPSA) is 69.7 Å². The number of rotatable bonds is 4. The molecule has 0 fully saturated rings. The van der Waals surface area contributed by atoms with Crippen molar-refractivity contribution in [1.29, 1.82) is 0 Å². The van der Waals surface area contributed by atoms with Crippen LogP contribution in [0.15, 0.2) is 40.6 Å². The fraction of sp³-hybridized carbons (Fsp3) is 0.0833. The summed E-state index contributed by atoms with van der Waals surface area (Å²) in [6, 6.07) is 6.28. The molecule has 0 aliphatic carbocycles. The van der Waals surface area contributed by atoms with E-state index in [1.807, 2.05) is 0 Å². The maximum Gasteiger partial charge on any atom is 0.349 e. The van der Waals surface area contributed by atoms with Gasteiger partial charge in [-0.25, -0.2) is 9.18 Å². The van der Waals surface area contributed by atoms with Crippen LogP contribution >= 0.6 is 11.3 Å². The standard InChI is InChI=1S/C12H9FO5S2/c1-17-12(14)11-10(6-7-19-11)20(15,16)18-9-5-3-2-4-8(9)13/h2-7H,1H3. The number of carbonyl (C=O) groups excluding carboxylic acids is 1. The van der Waals surface area contributed by atoms with Gasteiger partial charge in [-0.05, 0) is 23.6 Å². The molecule has 0 bridgehead atoms. The number of carbonyl (C=O) groups is 1. The number of methoxy groups -OCH3 is 1. The Labute approximate surface area is 118 Å². The highest BCUT2D eigenvalue weighted by atomic mass is 32.2. The fourth-order valence-electron chi connectivity index (χ4n) is 1.41. The molecule has 1 aromatic carbocycles. The van der Waals surface area contributed by atoms with E-state index in [1.165, 1.54) is 29.6 Å². The molecule has 106 valence electrons. The number of benzene rings is 1. The molecule has 8 heteroatoms. The summed E-state index contributed by atoms with van der Waals surface area (Å²) >= 11 is 0.896. The molecular formula is C12H9FO5S2. The zero-order chi connectivity index (χ0) is 14.8. The smallest absolute Gasteiger partial charge is 0.349 e. The van der Waals surface area contributed by atoms with Gasteiger partial charge >= 0.3 is 16.1 Å². The third-order valence-electron chi connectivity index (χ3n) is 2.31. The minimum atomic E-state index is -4.31. The largest absolute Gasteiger partial charge is 0.465 e. The average Bonchev–Trinajstić information content (AvgIpc) is 2.90. The van der Waals surface area contributed by atoms with Crippen LogP contribution in [0.4, 0.5) is 4.39 Å². The molecule has 0 atom stereocenters. The van der Waals surface area contributed by atoms with E-state index in [1.54, 1.807) is 0 Å². The van der Waals surface area contributed by atoms with Gasteiger partial charge in [0.25, 0.3) is 0 Å². The maximum absolute atomic E-state index is 13.4. The van der Waals surface area contributed by atoms with Crippen molar-refractivity contribution in [2.45, 2.75) is 4.90 Å². The van der Waals surface area contributed by atoms with Crippen LogP contribution in [0, 0.1) is 5.82 Å². The van der Waals surface area contributed by atoms with Crippen molar-refractivity contribution >= 4 is 27.4 Å². The molecule has 0 amide bonds. The number of ether oxygens (including phenoxy) is 1. The van der Waals surface area contributed by atoms with Crippen LogP contribution < -0.4 is 4.18 Å². The summed E-state index contributed by atoms with van der Waals surface area (Å²) < 4.78 is 46.7. The second kappa shape index (κ2) is 5.59. The predicted octanol–water partition coefficient (Wildman–Crippen LogP) is 2.44. The summed E-state index contributed by atoms with van der Waals surface area (Å²) in [5.74, 6) is -2.05. The first kappa shape index (κ1) is 14.5. The highest BCUT2D eigenvalue weighted by Gasteiger charge is 2.27. The van der Waals surface area contributed by atoms with Gasteiger partial charge in [0.2, 0.25) is 0 Å². The summed E-state index contributed by atoms with van der Waals surface area (Å²) in [5.41, 5.74) is 0. The number of thiophene rings is 1. The summed E-state index contributed by atoms with van der Waals surface area (Å²) in [4.78, 5) is 11.0. The highest BCUT2D eigenvalue weighted by Crippen LogP contribution is 2.27. The van der Waals surface area contributed by atoms with E-state index < -0.39 is 27.7 Å². The normalized spacial score (nSPS) is 11.1. The first-order valence-corrected chi connectivity index (χ1v) is 7.59. The van der Waals surface area contributed by atoms with Crippen LogP contribution in [0.5, 0.6) is 5.75 Å². The Bertz CT molecular complexity index is 736. The van der Waals surface area contributed by atoms with Crippen LogP contribution in [0.2, 0.25) is 0 Å². The van der Waals surface area contributed by atoms with Gasteiger partial charge in [-0.15, -0.1) is 11.3 Å². The van der Waals surface area contributed by atoms with E-state index in [9.17, 15) is 17.6 Å². The Kier molecular flexibility index (Phi) is 4.05. The van der Waals surface area contributed by atoms with Crippen LogP contribution in [-0.4, -0.2) is 21.5 Å². The van der Waals surface area contributed by atoms with Crippen molar-refractivity contribution < 1.29 is 26.5 Å². The van der Waals surface area contributed by atoms with E-state index in [0.717, 1.165) is 24.5 Å². The first-order chi connectivity index (χ1) is 9.45. The van der Waals surface area contributed by atoms with Gasteiger partial charge in [0.1, 0.15) is 9.77 Å². The summed E-state index contributed by atoms with van der Waals surface area (Å²) in [6.07, 6.45) is 0. The molecule has 0 radical (unpaired) electrons. The zero-order valence-corrected chi connectivity index (χ0v) is 11.8. The maximum atomic E-state index is 13.4. The minimum absolute atomic E-state index is 0.121. The summed E-state index contributed by atoms with van der Waals surface area (Å²) in [6.45, 7) is 0. The molecule has 2 rings (SSSR count). The Balaban J connectivity index is 2.40. The molecular weight excluding hydrogens is 307 g/mol. The number of hydrogen-bond acceptors (Lipinski definition) is 6. The van der Waals surface area contributed by atoms with Crippen molar-refractivity contribution in [3.8, 4) is 5.75 Å². The van der Waals surface area contributed by atoms with Gasteiger partial charge in [-0.1, -0.05) is 12.1 Å². The molecule has 2 aromatic rings. The molecule has 20 heavy (non-hydrogen) atoms. The van der Waals surface area contributed by atoms with Gasteiger partial charge < -0.3 is 8.92 Å². The number of para-hydroxylation sites is 1. The number of esters is 1. The molecule has 0 spiro atoms. The fourth-order valence-corrected chi connectivity index (χ4v) is 3.66. The second-order valence-corrected chi connectivity index (χ2v) is 6.00. The van der Waals surface area contributed by atoms with Crippen LogP contribution in [0.3, 0.4) is 0 Å². The average molecular weight is 316 g/mol. The molecule has 0 saturated heterocycles. The lowest BCUT2D eigenvalue weighted by molar-refractivity contribution is 0.0602. The van der Waals surface area contributed by atoms with Gasteiger partial charge in [0.15, 0.2) is 11.6 Å². The Morgan fingerprint density at radius 1 is 1.25 bits per heavy atom. The lowest BCUT2D eigenvalue weighted by Gasteiger charge is -2.07. The SMILES string of the molecule is COC(=O)c1sccc1S(=O)(=O)Oc1ccccc1F.